The Bertz CT molecular complexity index is 723. The quantitative estimate of drug-likeness (QED) is 0.783. The van der Waals surface area contributed by atoms with Crippen LogP contribution >= 0.6 is 11.6 Å². The molecule has 1 aromatic carbocycles. The summed E-state index contributed by atoms with van der Waals surface area (Å²) in [5.74, 6) is -0.917. The predicted octanol–water partition coefficient (Wildman–Crippen LogP) is 3.67. The molecule has 0 amide bonds. The summed E-state index contributed by atoms with van der Waals surface area (Å²) >= 11 is 6.06. The summed E-state index contributed by atoms with van der Waals surface area (Å²) in [6.07, 6.45) is 1.50. The Morgan fingerprint density at radius 3 is 2.43 bits per heavy atom. The number of aromatic nitrogens is 2. The molecule has 0 spiro atoms. The third kappa shape index (κ3) is 3.62. The fourth-order valence-electron chi connectivity index (χ4n) is 2.07. The first kappa shape index (κ1) is 17.2. The van der Waals surface area contributed by atoms with Gasteiger partial charge in [0.1, 0.15) is 0 Å². The van der Waals surface area contributed by atoms with Gasteiger partial charge in [0.05, 0.1) is 12.4 Å². The van der Waals surface area contributed by atoms with Crippen molar-refractivity contribution in [2.24, 2.45) is 0 Å². The van der Waals surface area contributed by atoms with Gasteiger partial charge in [-0.15, -0.1) is 0 Å². The van der Waals surface area contributed by atoms with Crippen LogP contribution < -0.4 is 0 Å². The fourth-order valence-corrected chi connectivity index (χ4v) is 2.28. The van der Waals surface area contributed by atoms with E-state index in [1.165, 1.54) is 13.3 Å². The zero-order chi connectivity index (χ0) is 17.2. The third-order valence-electron chi connectivity index (χ3n) is 3.84. The van der Waals surface area contributed by atoms with Crippen molar-refractivity contribution in [1.29, 1.82) is 0 Å². The van der Waals surface area contributed by atoms with Crippen LogP contribution in [0.3, 0.4) is 0 Å². The highest BCUT2D eigenvalue weighted by Gasteiger charge is 2.32. The van der Waals surface area contributed by atoms with E-state index < -0.39 is 11.6 Å². The van der Waals surface area contributed by atoms with Gasteiger partial charge in [0, 0.05) is 0 Å². The monoisotopic (exact) mass is 334 g/mol. The number of hydrogen-bond acceptors (Lipinski definition) is 4. The maximum Gasteiger partial charge on any atom is 0.359 e. The summed E-state index contributed by atoms with van der Waals surface area (Å²) in [4.78, 5) is 28.0. The first-order chi connectivity index (χ1) is 10.7. The largest absolute Gasteiger partial charge is 0.447 e. The highest BCUT2D eigenvalue weighted by atomic mass is 35.5. The van der Waals surface area contributed by atoms with Gasteiger partial charge in [-0.05, 0) is 33.3 Å². The van der Waals surface area contributed by atoms with Crippen LogP contribution in [0.25, 0.3) is 0 Å². The van der Waals surface area contributed by atoms with Crippen molar-refractivity contribution >= 4 is 23.4 Å². The Morgan fingerprint density at radius 2 is 1.87 bits per heavy atom. The molecule has 0 bridgehead atoms. The number of halogens is 1. The van der Waals surface area contributed by atoms with Gasteiger partial charge in [-0.3, -0.25) is 4.79 Å². The average molecular weight is 335 g/mol. The van der Waals surface area contributed by atoms with E-state index in [0.717, 1.165) is 5.56 Å². The Balaban J connectivity index is 2.36. The van der Waals surface area contributed by atoms with Gasteiger partial charge in [0.15, 0.2) is 22.2 Å². The maximum absolute atomic E-state index is 12.5. The first-order valence-electron chi connectivity index (χ1n) is 7.25. The number of ether oxygens (including phenoxy) is 1. The molecule has 23 heavy (non-hydrogen) atoms. The molecule has 0 saturated carbocycles. The lowest BCUT2D eigenvalue weighted by Crippen LogP contribution is -2.36. The van der Waals surface area contributed by atoms with E-state index in [-0.39, 0.29) is 22.7 Å². The number of ketones is 1. The molecule has 0 saturated heterocycles. The van der Waals surface area contributed by atoms with Crippen LogP contribution in [0, 0.1) is 0 Å². The molecular formula is C17H19ClN2O3. The van der Waals surface area contributed by atoms with Gasteiger partial charge in [0.25, 0.3) is 0 Å². The summed E-state index contributed by atoms with van der Waals surface area (Å²) in [6, 6.07) is 9.50. The van der Waals surface area contributed by atoms with Crippen molar-refractivity contribution in [2.45, 2.75) is 39.3 Å². The molecule has 6 heteroatoms. The minimum Gasteiger partial charge on any atom is -0.447 e. The van der Waals surface area contributed by atoms with Crippen LogP contribution in [0.5, 0.6) is 0 Å². The SMILES string of the molecule is CC(=O)C(C)(C)OC(=O)c1c(Cl)ncn1[C@H](C)c1ccccc1. The van der Waals surface area contributed by atoms with E-state index in [1.807, 2.05) is 37.3 Å². The topological polar surface area (TPSA) is 61.2 Å². The highest BCUT2D eigenvalue weighted by Crippen LogP contribution is 2.25. The summed E-state index contributed by atoms with van der Waals surface area (Å²) in [6.45, 7) is 6.39. The Labute approximate surface area is 140 Å². The standard InChI is InChI=1S/C17H19ClN2O3/c1-11(13-8-6-5-7-9-13)20-10-19-15(18)14(20)16(22)23-17(3,4)12(2)21/h5-11H,1-4H3/t11-/m1/s1. The average Bonchev–Trinajstić information content (AvgIpc) is 2.88. The fraction of sp³-hybridized carbons (Fsp3) is 0.353. The van der Waals surface area contributed by atoms with E-state index in [2.05, 4.69) is 4.98 Å². The molecule has 1 aromatic heterocycles. The molecule has 0 aliphatic carbocycles. The van der Waals surface area contributed by atoms with Gasteiger partial charge in [-0.25, -0.2) is 9.78 Å². The highest BCUT2D eigenvalue weighted by molar-refractivity contribution is 6.32. The predicted molar refractivity (Wildman–Crippen MR) is 87.7 cm³/mol. The molecule has 5 nitrogen and oxygen atoms in total. The number of rotatable bonds is 5. The minimum atomic E-state index is -1.22. The van der Waals surface area contributed by atoms with Crippen molar-refractivity contribution in [3.63, 3.8) is 0 Å². The van der Waals surface area contributed by atoms with Gasteiger partial charge < -0.3 is 9.30 Å². The molecule has 0 unspecified atom stereocenters. The number of carbonyl (C=O) groups excluding carboxylic acids is 2. The number of nitrogens with zero attached hydrogens (tertiary/aromatic N) is 2. The Hall–Kier alpha value is -2.14. The second-order valence-corrected chi connectivity index (χ2v) is 6.19. The molecule has 1 heterocycles. The van der Waals surface area contributed by atoms with E-state index in [0.29, 0.717) is 0 Å². The molecule has 2 rings (SSSR count). The van der Waals surface area contributed by atoms with Crippen molar-refractivity contribution in [3.8, 4) is 0 Å². The number of esters is 1. The second kappa shape index (κ2) is 6.54. The summed E-state index contributed by atoms with van der Waals surface area (Å²) in [5.41, 5.74) is -0.0790. The Kier molecular flexibility index (Phi) is 4.90. The molecule has 0 aliphatic rings. The van der Waals surface area contributed by atoms with Crippen LogP contribution in [0.15, 0.2) is 36.7 Å². The number of carbonyl (C=O) groups is 2. The van der Waals surface area contributed by atoms with E-state index in [9.17, 15) is 9.59 Å². The third-order valence-corrected chi connectivity index (χ3v) is 4.11. The van der Waals surface area contributed by atoms with Crippen LogP contribution in [0.1, 0.15) is 49.8 Å². The summed E-state index contributed by atoms with van der Waals surface area (Å²) < 4.78 is 6.97. The van der Waals surface area contributed by atoms with E-state index in [4.69, 9.17) is 16.3 Å². The van der Waals surface area contributed by atoms with Crippen LogP contribution in [-0.2, 0) is 9.53 Å². The Morgan fingerprint density at radius 1 is 1.26 bits per heavy atom. The summed E-state index contributed by atoms with van der Waals surface area (Å²) in [7, 11) is 0. The number of imidazole rings is 1. The van der Waals surface area contributed by atoms with Crippen molar-refractivity contribution in [2.75, 3.05) is 0 Å². The van der Waals surface area contributed by atoms with Crippen LogP contribution in [-0.4, -0.2) is 26.9 Å². The van der Waals surface area contributed by atoms with Crippen LogP contribution in [0.4, 0.5) is 0 Å². The van der Waals surface area contributed by atoms with Crippen molar-refractivity contribution in [3.05, 3.63) is 53.1 Å². The van der Waals surface area contributed by atoms with Crippen molar-refractivity contribution < 1.29 is 14.3 Å². The smallest absolute Gasteiger partial charge is 0.359 e. The molecular weight excluding hydrogens is 316 g/mol. The minimum absolute atomic E-state index is 0.0529. The van der Waals surface area contributed by atoms with E-state index >= 15 is 0 Å². The summed E-state index contributed by atoms with van der Waals surface area (Å²) in [5, 5.41) is 0.0529. The molecule has 1 atom stereocenters. The van der Waals surface area contributed by atoms with Gasteiger partial charge in [0.2, 0.25) is 0 Å². The van der Waals surface area contributed by atoms with Gasteiger partial charge in [-0.2, -0.15) is 0 Å². The van der Waals surface area contributed by atoms with Crippen molar-refractivity contribution in [1.82, 2.24) is 9.55 Å². The number of hydrogen-bond donors (Lipinski definition) is 0. The second-order valence-electron chi connectivity index (χ2n) is 5.83. The molecule has 0 aliphatic heterocycles. The molecule has 0 N–H and O–H groups in total. The van der Waals surface area contributed by atoms with Crippen LogP contribution in [0.2, 0.25) is 5.15 Å². The normalized spacial score (nSPS) is 12.7. The lowest BCUT2D eigenvalue weighted by molar-refractivity contribution is -0.132. The zero-order valence-corrected chi connectivity index (χ0v) is 14.3. The molecule has 2 aromatic rings. The van der Waals surface area contributed by atoms with Gasteiger partial charge >= 0.3 is 5.97 Å². The zero-order valence-electron chi connectivity index (χ0n) is 13.5. The molecule has 0 fully saturated rings. The number of Topliss-reactive ketones (excluding diaryl/α,β-unsaturated/α-hetero) is 1. The number of benzene rings is 1. The lowest BCUT2D eigenvalue weighted by atomic mass is 10.1. The first-order valence-corrected chi connectivity index (χ1v) is 7.63. The van der Waals surface area contributed by atoms with E-state index in [1.54, 1.807) is 18.4 Å². The molecule has 0 radical (unpaired) electrons. The lowest BCUT2D eigenvalue weighted by Gasteiger charge is -2.23. The molecule has 122 valence electrons. The van der Waals surface area contributed by atoms with Gasteiger partial charge in [-0.1, -0.05) is 41.9 Å². The maximum atomic E-state index is 12.5.